The lowest BCUT2D eigenvalue weighted by atomic mass is 10.1. The minimum absolute atomic E-state index is 0.0536. The molecule has 6 nitrogen and oxygen atoms in total. The second-order valence-corrected chi connectivity index (χ2v) is 3.62. The zero-order valence-electron chi connectivity index (χ0n) is 9.41. The Morgan fingerprint density at radius 2 is 2.18 bits per heavy atom. The van der Waals surface area contributed by atoms with Crippen molar-refractivity contribution >= 4 is 5.69 Å². The van der Waals surface area contributed by atoms with Crippen molar-refractivity contribution in [2.24, 2.45) is 0 Å². The number of rotatable bonds is 4. The van der Waals surface area contributed by atoms with Gasteiger partial charge >= 0.3 is 0 Å². The van der Waals surface area contributed by atoms with E-state index in [0.717, 1.165) is 13.0 Å². The summed E-state index contributed by atoms with van der Waals surface area (Å²) in [5.74, 6) is 0.541. The quantitative estimate of drug-likeness (QED) is 0.598. The van der Waals surface area contributed by atoms with Crippen molar-refractivity contribution in [3.63, 3.8) is 0 Å². The van der Waals surface area contributed by atoms with E-state index in [1.165, 1.54) is 6.07 Å². The highest BCUT2D eigenvalue weighted by molar-refractivity contribution is 5.67. The molecular formula is C11H12N4O2. The maximum atomic E-state index is 10.9. The number of hydrogen-bond donors (Lipinski definition) is 0. The van der Waals surface area contributed by atoms with Crippen LogP contribution in [0.25, 0.3) is 11.4 Å². The zero-order valence-corrected chi connectivity index (χ0v) is 9.41. The molecule has 6 heteroatoms. The number of nitrogens with zero attached hydrogens (tertiary/aromatic N) is 4. The van der Waals surface area contributed by atoms with Crippen molar-refractivity contribution in [1.82, 2.24) is 14.8 Å². The van der Waals surface area contributed by atoms with Crippen LogP contribution in [0.2, 0.25) is 0 Å². The summed E-state index contributed by atoms with van der Waals surface area (Å²) >= 11 is 0. The lowest BCUT2D eigenvalue weighted by Crippen LogP contribution is -2.00. The Hall–Kier alpha value is -2.24. The Balaban J connectivity index is 2.52. The number of aryl methyl sites for hydroxylation is 1. The van der Waals surface area contributed by atoms with Crippen LogP contribution in [-0.2, 0) is 6.54 Å². The molecule has 0 N–H and O–H groups in total. The second-order valence-electron chi connectivity index (χ2n) is 3.62. The molecule has 88 valence electrons. The summed E-state index contributed by atoms with van der Waals surface area (Å²) in [5.41, 5.74) is 0.557. The molecule has 0 spiro atoms. The highest BCUT2D eigenvalue weighted by Crippen LogP contribution is 2.27. The molecule has 17 heavy (non-hydrogen) atoms. The molecule has 0 aliphatic heterocycles. The van der Waals surface area contributed by atoms with Gasteiger partial charge in [0.05, 0.1) is 10.5 Å². The Bertz CT molecular complexity index is 536. The number of nitro benzene ring substituents is 1. The predicted molar refractivity (Wildman–Crippen MR) is 62.4 cm³/mol. The van der Waals surface area contributed by atoms with Crippen LogP contribution in [-0.4, -0.2) is 19.7 Å². The van der Waals surface area contributed by atoms with E-state index in [2.05, 4.69) is 10.2 Å². The van der Waals surface area contributed by atoms with Gasteiger partial charge in [0.2, 0.25) is 0 Å². The van der Waals surface area contributed by atoms with Gasteiger partial charge in [-0.15, -0.1) is 10.2 Å². The van der Waals surface area contributed by atoms with E-state index in [4.69, 9.17) is 0 Å². The monoisotopic (exact) mass is 232 g/mol. The van der Waals surface area contributed by atoms with Gasteiger partial charge in [-0.05, 0) is 12.5 Å². The number of nitro groups is 1. The number of benzene rings is 1. The van der Waals surface area contributed by atoms with Crippen LogP contribution in [0.1, 0.15) is 13.3 Å². The van der Waals surface area contributed by atoms with Crippen LogP contribution in [0, 0.1) is 10.1 Å². The van der Waals surface area contributed by atoms with Gasteiger partial charge in [0.25, 0.3) is 5.69 Å². The maximum absolute atomic E-state index is 10.9. The Labute approximate surface area is 98.1 Å². The van der Waals surface area contributed by atoms with Crippen LogP contribution in [0.3, 0.4) is 0 Å². The normalized spacial score (nSPS) is 10.4. The summed E-state index contributed by atoms with van der Waals surface area (Å²) < 4.78 is 1.82. The van der Waals surface area contributed by atoms with Gasteiger partial charge in [0, 0.05) is 12.6 Å². The summed E-state index contributed by atoms with van der Waals surface area (Å²) in [7, 11) is 0. The van der Waals surface area contributed by atoms with E-state index in [1.54, 1.807) is 24.5 Å². The van der Waals surface area contributed by atoms with Gasteiger partial charge < -0.3 is 4.57 Å². The fourth-order valence-electron chi connectivity index (χ4n) is 1.69. The number of hydrogen-bond acceptors (Lipinski definition) is 4. The first-order valence-electron chi connectivity index (χ1n) is 5.35. The van der Waals surface area contributed by atoms with Crippen molar-refractivity contribution in [2.45, 2.75) is 19.9 Å². The standard InChI is InChI=1S/C11H12N4O2/c1-2-7-14-8-12-13-11(14)9-5-3-4-6-10(9)15(16)17/h3-6,8H,2,7H2,1H3. The van der Waals surface area contributed by atoms with Crippen molar-refractivity contribution in [1.29, 1.82) is 0 Å². The molecule has 1 heterocycles. The van der Waals surface area contributed by atoms with E-state index < -0.39 is 4.92 Å². The Kier molecular flexibility index (Phi) is 3.13. The lowest BCUT2D eigenvalue weighted by Gasteiger charge is -2.04. The van der Waals surface area contributed by atoms with Gasteiger partial charge in [-0.3, -0.25) is 10.1 Å². The van der Waals surface area contributed by atoms with Crippen molar-refractivity contribution < 1.29 is 4.92 Å². The van der Waals surface area contributed by atoms with E-state index >= 15 is 0 Å². The van der Waals surface area contributed by atoms with Gasteiger partial charge in [-0.1, -0.05) is 19.1 Å². The van der Waals surface area contributed by atoms with Gasteiger partial charge in [-0.2, -0.15) is 0 Å². The Morgan fingerprint density at radius 3 is 2.88 bits per heavy atom. The molecule has 0 aliphatic carbocycles. The molecule has 0 bridgehead atoms. The van der Waals surface area contributed by atoms with E-state index in [1.807, 2.05) is 11.5 Å². The minimum atomic E-state index is -0.402. The molecule has 2 aromatic rings. The first-order valence-corrected chi connectivity index (χ1v) is 5.35. The molecule has 0 saturated heterocycles. The summed E-state index contributed by atoms with van der Waals surface area (Å²) in [6, 6.07) is 6.56. The lowest BCUT2D eigenvalue weighted by molar-refractivity contribution is -0.384. The summed E-state index contributed by atoms with van der Waals surface area (Å²) in [5, 5.41) is 18.7. The fraction of sp³-hybridized carbons (Fsp3) is 0.273. The van der Waals surface area contributed by atoms with Crippen molar-refractivity contribution in [3.05, 3.63) is 40.7 Å². The minimum Gasteiger partial charge on any atom is -0.313 e. The van der Waals surface area contributed by atoms with Crippen LogP contribution >= 0.6 is 0 Å². The molecule has 0 radical (unpaired) electrons. The number of para-hydroxylation sites is 1. The van der Waals surface area contributed by atoms with E-state index in [9.17, 15) is 10.1 Å². The molecule has 0 fully saturated rings. The topological polar surface area (TPSA) is 73.8 Å². The third kappa shape index (κ3) is 2.15. The molecule has 1 aromatic carbocycles. The average Bonchev–Trinajstić information content (AvgIpc) is 2.77. The zero-order chi connectivity index (χ0) is 12.3. The summed E-state index contributed by atoms with van der Waals surface area (Å²) in [6.45, 7) is 2.78. The first kappa shape index (κ1) is 11.3. The highest BCUT2D eigenvalue weighted by Gasteiger charge is 2.18. The van der Waals surface area contributed by atoms with E-state index in [0.29, 0.717) is 11.4 Å². The van der Waals surface area contributed by atoms with Crippen LogP contribution in [0.5, 0.6) is 0 Å². The third-order valence-corrected chi connectivity index (χ3v) is 2.42. The summed E-state index contributed by atoms with van der Waals surface area (Å²) in [4.78, 5) is 10.5. The Morgan fingerprint density at radius 1 is 1.41 bits per heavy atom. The molecule has 0 aliphatic rings. The van der Waals surface area contributed by atoms with Crippen molar-refractivity contribution in [3.8, 4) is 11.4 Å². The number of aromatic nitrogens is 3. The van der Waals surface area contributed by atoms with Gasteiger partial charge in [0.1, 0.15) is 6.33 Å². The molecule has 0 unspecified atom stereocenters. The van der Waals surface area contributed by atoms with Gasteiger partial charge in [-0.25, -0.2) is 0 Å². The molecule has 0 amide bonds. The first-order chi connectivity index (χ1) is 8.24. The van der Waals surface area contributed by atoms with Crippen LogP contribution < -0.4 is 0 Å². The molecule has 0 atom stereocenters. The van der Waals surface area contributed by atoms with E-state index in [-0.39, 0.29) is 5.69 Å². The maximum Gasteiger partial charge on any atom is 0.280 e. The molecule has 0 saturated carbocycles. The largest absolute Gasteiger partial charge is 0.313 e. The highest BCUT2D eigenvalue weighted by atomic mass is 16.6. The van der Waals surface area contributed by atoms with Crippen LogP contribution in [0.4, 0.5) is 5.69 Å². The predicted octanol–water partition coefficient (Wildman–Crippen LogP) is 2.26. The second kappa shape index (κ2) is 4.73. The molecule has 2 rings (SSSR count). The fourth-order valence-corrected chi connectivity index (χ4v) is 1.69. The van der Waals surface area contributed by atoms with Gasteiger partial charge in [0.15, 0.2) is 5.82 Å². The average molecular weight is 232 g/mol. The molecular weight excluding hydrogens is 220 g/mol. The SMILES string of the molecule is CCCn1cnnc1-c1ccccc1[N+](=O)[O-]. The third-order valence-electron chi connectivity index (χ3n) is 2.42. The van der Waals surface area contributed by atoms with Crippen LogP contribution in [0.15, 0.2) is 30.6 Å². The molecule has 1 aromatic heterocycles. The smallest absolute Gasteiger partial charge is 0.280 e. The van der Waals surface area contributed by atoms with Crippen molar-refractivity contribution in [2.75, 3.05) is 0 Å². The summed E-state index contributed by atoms with van der Waals surface area (Å²) in [6.07, 6.45) is 2.52.